The largest absolute Gasteiger partial charge is 0.506 e. The molecule has 0 aromatic heterocycles. The van der Waals surface area contributed by atoms with Gasteiger partial charge in [-0.3, -0.25) is 4.99 Å². The number of aliphatic hydroxyl groups is 2. The Morgan fingerprint density at radius 2 is 1.95 bits per heavy atom. The molecule has 120 valence electrons. The van der Waals surface area contributed by atoms with Gasteiger partial charge in [0, 0.05) is 33.2 Å². The summed E-state index contributed by atoms with van der Waals surface area (Å²) in [6, 6.07) is 4.80. The minimum atomic E-state index is -1.28. The molecule has 0 saturated heterocycles. The van der Waals surface area contributed by atoms with E-state index in [0.717, 1.165) is 6.21 Å². The monoisotopic (exact) mass is 433 g/mol. The fourth-order valence-electron chi connectivity index (χ4n) is 1.53. The van der Waals surface area contributed by atoms with E-state index in [4.69, 9.17) is 5.11 Å². The maximum atomic E-state index is 11.4. The van der Waals surface area contributed by atoms with Crippen molar-refractivity contribution in [3.8, 4) is 0 Å². The molecular formula is C15H17Br2NO4. The lowest BCUT2D eigenvalue weighted by Gasteiger charge is -2.12. The molecule has 0 saturated carbocycles. The van der Waals surface area contributed by atoms with E-state index in [2.05, 4.69) is 36.9 Å². The van der Waals surface area contributed by atoms with Crippen molar-refractivity contribution in [2.24, 2.45) is 10.9 Å². The second kappa shape index (κ2) is 8.45. The Morgan fingerprint density at radius 1 is 1.32 bits per heavy atom. The van der Waals surface area contributed by atoms with Crippen LogP contribution in [0.25, 0.3) is 5.76 Å². The number of halogens is 2. The molecule has 7 heteroatoms. The molecule has 0 radical (unpaired) electrons. The third-order valence-corrected chi connectivity index (χ3v) is 4.40. The van der Waals surface area contributed by atoms with Crippen LogP contribution in [0.15, 0.2) is 37.7 Å². The summed E-state index contributed by atoms with van der Waals surface area (Å²) >= 11 is 6.56. The van der Waals surface area contributed by atoms with Crippen molar-refractivity contribution >= 4 is 49.8 Å². The summed E-state index contributed by atoms with van der Waals surface area (Å²) < 4.78 is 1.28. The predicted octanol–water partition coefficient (Wildman–Crippen LogP) is 3.65. The zero-order valence-electron chi connectivity index (χ0n) is 12.1. The average molecular weight is 435 g/mol. The number of carbonyl (C=O) groups is 1. The molecule has 2 atom stereocenters. The highest BCUT2D eigenvalue weighted by Gasteiger charge is 2.17. The van der Waals surface area contributed by atoms with Gasteiger partial charge in [0.1, 0.15) is 11.3 Å². The minimum absolute atomic E-state index is 0.0478. The van der Waals surface area contributed by atoms with Crippen LogP contribution >= 0.6 is 31.9 Å². The molecule has 5 nitrogen and oxygen atoms in total. The molecule has 0 aliphatic rings. The standard InChI is InChI=1S/C15H17Br2NO4/c1-8(7-19)9(2)18-6-12(15(21)22)14(20)11-5-10(16)3-4-13(11)17/h3-6,8-9,19-20H,7H2,1-2H3,(H,21,22). The van der Waals surface area contributed by atoms with Crippen LogP contribution in [0.2, 0.25) is 0 Å². The SMILES string of the molecule is CC(CO)C(C)N=CC(C(=O)O)=C(O)c1cc(Br)ccc1Br. The highest BCUT2D eigenvalue weighted by Crippen LogP contribution is 2.28. The first-order chi connectivity index (χ1) is 10.3. The summed E-state index contributed by atoms with van der Waals surface area (Å²) in [6.07, 6.45) is 1.13. The van der Waals surface area contributed by atoms with Gasteiger partial charge >= 0.3 is 5.97 Å². The van der Waals surface area contributed by atoms with Crippen LogP contribution in [0, 0.1) is 5.92 Å². The molecule has 2 unspecified atom stereocenters. The van der Waals surface area contributed by atoms with Crippen LogP contribution in [-0.2, 0) is 4.79 Å². The van der Waals surface area contributed by atoms with Gasteiger partial charge in [-0.2, -0.15) is 0 Å². The lowest BCUT2D eigenvalue weighted by atomic mass is 10.1. The van der Waals surface area contributed by atoms with E-state index < -0.39 is 5.97 Å². The number of hydrogen-bond donors (Lipinski definition) is 3. The van der Waals surface area contributed by atoms with Gasteiger partial charge in [0.05, 0.1) is 6.04 Å². The molecule has 0 bridgehead atoms. The molecule has 1 aromatic carbocycles. The van der Waals surface area contributed by atoms with Crippen molar-refractivity contribution in [3.63, 3.8) is 0 Å². The van der Waals surface area contributed by atoms with Crippen LogP contribution in [0.1, 0.15) is 19.4 Å². The first-order valence-corrected chi connectivity index (χ1v) is 8.12. The van der Waals surface area contributed by atoms with Gasteiger partial charge in [-0.05, 0) is 25.1 Å². The first kappa shape index (κ1) is 18.9. The number of aliphatic hydroxyl groups excluding tert-OH is 2. The second-order valence-corrected chi connectivity index (χ2v) is 6.64. The number of carboxylic acids is 1. The molecule has 1 aromatic rings. The van der Waals surface area contributed by atoms with Gasteiger partial charge in [0.25, 0.3) is 0 Å². The maximum Gasteiger partial charge on any atom is 0.341 e. The van der Waals surface area contributed by atoms with Crippen LogP contribution in [-0.4, -0.2) is 40.2 Å². The molecule has 0 heterocycles. The second-order valence-electron chi connectivity index (χ2n) is 4.87. The summed E-state index contributed by atoms with van der Waals surface area (Å²) in [5.74, 6) is -1.77. The lowest BCUT2D eigenvalue weighted by Crippen LogP contribution is -2.16. The quantitative estimate of drug-likeness (QED) is 0.362. The van der Waals surface area contributed by atoms with Gasteiger partial charge in [0.15, 0.2) is 0 Å². The fraction of sp³-hybridized carbons (Fsp3) is 0.333. The topological polar surface area (TPSA) is 90.1 Å². The average Bonchev–Trinajstić information content (AvgIpc) is 2.48. The highest BCUT2D eigenvalue weighted by atomic mass is 79.9. The number of rotatable bonds is 6. The summed E-state index contributed by atoms with van der Waals surface area (Å²) in [4.78, 5) is 15.5. The number of carboxylic acid groups (broad SMARTS) is 1. The molecule has 0 aliphatic heterocycles. The molecule has 1 rings (SSSR count). The Balaban J connectivity index is 3.25. The molecule has 0 amide bonds. The van der Waals surface area contributed by atoms with E-state index in [0.29, 0.717) is 14.5 Å². The van der Waals surface area contributed by atoms with Crippen molar-refractivity contribution < 1.29 is 20.1 Å². The van der Waals surface area contributed by atoms with Gasteiger partial charge in [-0.1, -0.05) is 38.8 Å². The smallest absolute Gasteiger partial charge is 0.341 e. The highest BCUT2D eigenvalue weighted by molar-refractivity contribution is 9.11. The third-order valence-electron chi connectivity index (χ3n) is 3.22. The molecule has 0 aliphatic carbocycles. The Kier molecular flexibility index (Phi) is 7.25. The van der Waals surface area contributed by atoms with E-state index in [9.17, 15) is 15.0 Å². The zero-order valence-corrected chi connectivity index (χ0v) is 15.3. The van der Waals surface area contributed by atoms with Gasteiger partial charge in [-0.25, -0.2) is 4.79 Å². The Morgan fingerprint density at radius 3 is 2.50 bits per heavy atom. The van der Waals surface area contributed by atoms with E-state index in [1.54, 1.807) is 32.0 Å². The van der Waals surface area contributed by atoms with E-state index in [-0.39, 0.29) is 29.9 Å². The summed E-state index contributed by atoms with van der Waals surface area (Å²) in [5, 5.41) is 28.6. The molecule has 3 N–H and O–H groups in total. The van der Waals surface area contributed by atoms with Crippen LogP contribution in [0.4, 0.5) is 0 Å². The minimum Gasteiger partial charge on any atom is -0.506 e. The predicted molar refractivity (Wildman–Crippen MR) is 93.2 cm³/mol. The van der Waals surface area contributed by atoms with Crippen LogP contribution in [0.5, 0.6) is 0 Å². The molecular weight excluding hydrogens is 418 g/mol. The molecule has 0 fully saturated rings. The van der Waals surface area contributed by atoms with Crippen LogP contribution < -0.4 is 0 Å². The van der Waals surface area contributed by atoms with Crippen molar-refractivity contribution in [2.45, 2.75) is 19.9 Å². The third kappa shape index (κ3) is 4.93. The van der Waals surface area contributed by atoms with Crippen molar-refractivity contribution in [1.82, 2.24) is 0 Å². The Hall–Kier alpha value is -1.18. The van der Waals surface area contributed by atoms with Crippen molar-refractivity contribution in [1.29, 1.82) is 0 Å². The normalized spacial score (nSPS) is 15.5. The fourth-order valence-corrected chi connectivity index (χ4v) is 2.33. The number of benzene rings is 1. The van der Waals surface area contributed by atoms with Crippen molar-refractivity contribution in [2.75, 3.05) is 6.61 Å². The van der Waals surface area contributed by atoms with Gasteiger partial charge in [-0.15, -0.1) is 0 Å². The number of aliphatic imine (C=N–C) groups is 1. The first-order valence-electron chi connectivity index (χ1n) is 6.53. The van der Waals surface area contributed by atoms with Crippen LogP contribution in [0.3, 0.4) is 0 Å². The van der Waals surface area contributed by atoms with Gasteiger partial charge in [0.2, 0.25) is 0 Å². The van der Waals surface area contributed by atoms with E-state index in [1.165, 1.54) is 0 Å². The summed E-state index contributed by atoms with van der Waals surface area (Å²) in [6.45, 7) is 3.52. The number of nitrogens with zero attached hydrogens (tertiary/aromatic N) is 1. The molecule has 22 heavy (non-hydrogen) atoms. The Labute approximate surface area is 145 Å². The lowest BCUT2D eigenvalue weighted by molar-refractivity contribution is -0.132. The Bertz CT molecular complexity index is 614. The summed E-state index contributed by atoms with van der Waals surface area (Å²) in [5.41, 5.74) is 0.0388. The zero-order chi connectivity index (χ0) is 16.9. The number of aliphatic carboxylic acids is 1. The van der Waals surface area contributed by atoms with E-state index >= 15 is 0 Å². The maximum absolute atomic E-state index is 11.4. The van der Waals surface area contributed by atoms with E-state index in [1.807, 2.05) is 0 Å². The van der Waals surface area contributed by atoms with Crippen molar-refractivity contribution in [3.05, 3.63) is 38.3 Å². The van der Waals surface area contributed by atoms with Gasteiger partial charge < -0.3 is 15.3 Å². The number of hydrogen-bond acceptors (Lipinski definition) is 4. The summed E-state index contributed by atoms with van der Waals surface area (Å²) in [7, 11) is 0. The molecule has 0 spiro atoms.